The Morgan fingerprint density at radius 3 is 3.00 bits per heavy atom. The average Bonchev–Trinajstić information content (AvgIpc) is 2.53. The van der Waals surface area contributed by atoms with Crippen molar-refractivity contribution in [1.82, 2.24) is 15.0 Å². The van der Waals surface area contributed by atoms with Crippen LogP contribution in [0.15, 0.2) is 24.4 Å². The lowest BCUT2D eigenvalue weighted by atomic mass is 10.2. The fourth-order valence-electron chi connectivity index (χ4n) is 1.09. The van der Waals surface area contributed by atoms with Gasteiger partial charge in [-0.05, 0) is 12.1 Å². The maximum atomic E-state index is 5.96. The summed E-state index contributed by atoms with van der Waals surface area (Å²) < 4.78 is 1.64. The molecule has 1 heterocycles. The first-order valence-electron chi connectivity index (χ1n) is 3.79. The van der Waals surface area contributed by atoms with E-state index < -0.39 is 0 Å². The lowest BCUT2D eigenvalue weighted by molar-refractivity contribution is 0.715. The van der Waals surface area contributed by atoms with Crippen LogP contribution in [0.3, 0.4) is 0 Å². The summed E-state index contributed by atoms with van der Waals surface area (Å²) in [6.45, 7) is 0. The number of halogens is 1. The number of aryl methyl sites for hydroxylation is 1. The van der Waals surface area contributed by atoms with Crippen molar-refractivity contribution in [2.45, 2.75) is 0 Å². The smallest absolute Gasteiger partial charge is 0.114 e. The first-order chi connectivity index (χ1) is 6.27. The Labute approximate surface area is 81.0 Å². The number of benzene rings is 1. The maximum absolute atomic E-state index is 5.96. The van der Waals surface area contributed by atoms with Crippen molar-refractivity contribution in [3.63, 3.8) is 0 Å². The zero-order chi connectivity index (χ0) is 9.26. The summed E-state index contributed by atoms with van der Waals surface area (Å²) in [5, 5.41) is 8.44. The van der Waals surface area contributed by atoms with Gasteiger partial charge in [0.25, 0.3) is 0 Å². The standard InChI is InChI=1S/C9H7ClN3/c1-13-6-9(11-12-13)7-4-2-3-5-8(7)10/h2,4-6H,1H3. The van der Waals surface area contributed by atoms with Crippen LogP contribution in [-0.2, 0) is 7.05 Å². The molecule has 0 bridgehead atoms. The van der Waals surface area contributed by atoms with E-state index in [1.807, 2.05) is 19.3 Å². The van der Waals surface area contributed by atoms with E-state index in [0.29, 0.717) is 5.02 Å². The molecule has 0 saturated heterocycles. The van der Waals surface area contributed by atoms with E-state index in [1.165, 1.54) is 0 Å². The van der Waals surface area contributed by atoms with Crippen molar-refractivity contribution in [1.29, 1.82) is 0 Å². The molecule has 1 aromatic heterocycles. The summed E-state index contributed by atoms with van der Waals surface area (Å²) in [5.74, 6) is 0. The molecule has 2 rings (SSSR count). The van der Waals surface area contributed by atoms with Gasteiger partial charge in [0.1, 0.15) is 5.69 Å². The number of nitrogens with zero attached hydrogens (tertiary/aromatic N) is 3. The Hall–Kier alpha value is -1.35. The molecule has 13 heavy (non-hydrogen) atoms. The van der Waals surface area contributed by atoms with E-state index in [1.54, 1.807) is 16.8 Å². The van der Waals surface area contributed by atoms with Gasteiger partial charge < -0.3 is 0 Å². The Morgan fingerprint density at radius 2 is 2.38 bits per heavy atom. The predicted octanol–water partition coefficient (Wildman–Crippen LogP) is 1.94. The zero-order valence-corrected chi connectivity index (χ0v) is 7.78. The highest BCUT2D eigenvalue weighted by atomic mass is 35.5. The number of rotatable bonds is 1. The highest BCUT2D eigenvalue weighted by molar-refractivity contribution is 6.33. The number of aromatic nitrogens is 3. The molecule has 0 saturated carbocycles. The van der Waals surface area contributed by atoms with Crippen molar-refractivity contribution in [3.05, 3.63) is 35.5 Å². The van der Waals surface area contributed by atoms with E-state index >= 15 is 0 Å². The van der Waals surface area contributed by atoms with Crippen molar-refractivity contribution in [2.24, 2.45) is 7.05 Å². The molecule has 2 aromatic rings. The van der Waals surface area contributed by atoms with Gasteiger partial charge in [0.2, 0.25) is 0 Å². The van der Waals surface area contributed by atoms with E-state index in [-0.39, 0.29) is 0 Å². The minimum atomic E-state index is 0.642. The number of hydrogen-bond donors (Lipinski definition) is 0. The summed E-state index contributed by atoms with van der Waals surface area (Å²) in [4.78, 5) is 0. The molecular weight excluding hydrogens is 186 g/mol. The molecule has 0 N–H and O–H groups in total. The molecule has 0 aliphatic carbocycles. The fraction of sp³-hybridized carbons (Fsp3) is 0.111. The lowest BCUT2D eigenvalue weighted by Crippen LogP contribution is -1.85. The molecule has 0 amide bonds. The van der Waals surface area contributed by atoms with Crippen LogP contribution in [-0.4, -0.2) is 15.0 Å². The van der Waals surface area contributed by atoms with E-state index in [2.05, 4.69) is 16.4 Å². The van der Waals surface area contributed by atoms with Gasteiger partial charge in [0.05, 0.1) is 11.2 Å². The molecule has 0 unspecified atom stereocenters. The van der Waals surface area contributed by atoms with Crippen LogP contribution in [0.25, 0.3) is 11.3 Å². The molecule has 0 atom stereocenters. The Morgan fingerprint density at radius 1 is 1.54 bits per heavy atom. The summed E-state index contributed by atoms with van der Waals surface area (Å²) in [7, 11) is 1.82. The average molecular weight is 193 g/mol. The van der Waals surface area contributed by atoms with Gasteiger partial charge in [0.15, 0.2) is 0 Å². The molecule has 4 heteroatoms. The van der Waals surface area contributed by atoms with Crippen LogP contribution >= 0.6 is 11.6 Å². The lowest BCUT2D eigenvalue weighted by Gasteiger charge is -1.96. The third-order valence-electron chi connectivity index (χ3n) is 1.69. The summed E-state index contributed by atoms with van der Waals surface area (Å²) in [5.41, 5.74) is 1.66. The molecular formula is C9H7ClN3. The molecule has 3 nitrogen and oxygen atoms in total. The quantitative estimate of drug-likeness (QED) is 0.692. The highest BCUT2D eigenvalue weighted by Gasteiger charge is 2.05. The second-order valence-corrected chi connectivity index (χ2v) is 3.09. The van der Waals surface area contributed by atoms with Gasteiger partial charge in [-0.25, -0.2) is 0 Å². The van der Waals surface area contributed by atoms with Crippen molar-refractivity contribution < 1.29 is 0 Å². The van der Waals surface area contributed by atoms with Crippen LogP contribution < -0.4 is 0 Å². The Balaban J connectivity index is 2.52. The molecule has 1 radical (unpaired) electrons. The molecule has 1 aromatic carbocycles. The van der Waals surface area contributed by atoms with E-state index in [0.717, 1.165) is 11.3 Å². The van der Waals surface area contributed by atoms with Gasteiger partial charge in [-0.2, -0.15) is 0 Å². The largest absolute Gasteiger partial charge is 0.255 e. The monoisotopic (exact) mass is 192 g/mol. The van der Waals surface area contributed by atoms with Crippen LogP contribution in [0.5, 0.6) is 0 Å². The predicted molar refractivity (Wildman–Crippen MR) is 50.3 cm³/mol. The molecule has 0 aliphatic rings. The molecule has 0 spiro atoms. The van der Waals surface area contributed by atoms with Gasteiger partial charge in [-0.1, -0.05) is 28.9 Å². The van der Waals surface area contributed by atoms with Crippen molar-refractivity contribution in [2.75, 3.05) is 0 Å². The first kappa shape index (κ1) is 8.26. The Kier molecular flexibility index (Phi) is 2.02. The van der Waals surface area contributed by atoms with Gasteiger partial charge in [0, 0.05) is 12.6 Å². The normalized spacial score (nSPS) is 10.3. The van der Waals surface area contributed by atoms with Gasteiger partial charge in [-0.3, -0.25) is 4.68 Å². The second-order valence-electron chi connectivity index (χ2n) is 2.68. The molecule has 65 valence electrons. The Bertz CT molecular complexity index is 422. The van der Waals surface area contributed by atoms with Crippen LogP contribution in [0, 0.1) is 6.07 Å². The van der Waals surface area contributed by atoms with Gasteiger partial charge in [-0.15, -0.1) is 5.10 Å². The minimum absolute atomic E-state index is 0.642. The topological polar surface area (TPSA) is 30.7 Å². The summed E-state index contributed by atoms with van der Waals surface area (Å²) in [6.07, 6.45) is 1.82. The van der Waals surface area contributed by atoms with Crippen molar-refractivity contribution in [3.8, 4) is 11.3 Å². The number of hydrogen-bond acceptors (Lipinski definition) is 2. The third kappa shape index (κ3) is 1.55. The fourth-order valence-corrected chi connectivity index (χ4v) is 1.31. The zero-order valence-electron chi connectivity index (χ0n) is 7.03. The first-order valence-corrected chi connectivity index (χ1v) is 4.17. The van der Waals surface area contributed by atoms with Gasteiger partial charge >= 0.3 is 0 Å². The molecule has 0 fully saturated rings. The summed E-state index contributed by atoms with van der Waals surface area (Å²) in [6, 6.07) is 8.27. The van der Waals surface area contributed by atoms with Crippen LogP contribution in [0.2, 0.25) is 5.02 Å². The SMILES string of the molecule is Cn1cc(-c2cc[c]cc2Cl)nn1. The second kappa shape index (κ2) is 3.18. The van der Waals surface area contributed by atoms with Crippen LogP contribution in [0.1, 0.15) is 0 Å². The highest BCUT2D eigenvalue weighted by Crippen LogP contribution is 2.24. The maximum Gasteiger partial charge on any atom is 0.114 e. The van der Waals surface area contributed by atoms with Crippen molar-refractivity contribution >= 4 is 11.6 Å². The third-order valence-corrected chi connectivity index (χ3v) is 2.00. The van der Waals surface area contributed by atoms with Crippen LogP contribution in [0.4, 0.5) is 0 Å². The van der Waals surface area contributed by atoms with E-state index in [4.69, 9.17) is 11.6 Å². The van der Waals surface area contributed by atoms with E-state index in [9.17, 15) is 0 Å². The minimum Gasteiger partial charge on any atom is -0.255 e. The molecule has 0 aliphatic heterocycles. The summed E-state index contributed by atoms with van der Waals surface area (Å²) >= 11 is 5.96.